The number of carbonyl (C=O) groups excluding carboxylic acids is 2. The van der Waals surface area contributed by atoms with Gasteiger partial charge in [-0.2, -0.15) is 0 Å². The van der Waals surface area contributed by atoms with Crippen LogP contribution in [0.25, 0.3) is 0 Å². The standard InChI is InChI=1S/C23H29N3O2/c1-15-11-16(2)23(17(3)12-15)25-21(27)13-24-22(28)14-26-18(4)9-10-19-7-5-6-8-20(19)26/h5-8,11-12,18H,9-10,13-14H2,1-4H3,(H,24,28)(H,25,27)/t18-/m0/s1. The predicted octanol–water partition coefficient (Wildman–Crippen LogP) is 3.51. The summed E-state index contributed by atoms with van der Waals surface area (Å²) in [5.41, 5.74) is 6.43. The quantitative estimate of drug-likeness (QED) is 0.836. The van der Waals surface area contributed by atoms with Crippen molar-refractivity contribution >= 4 is 23.2 Å². The van der Waals surface area contributed by atoms with Crippen LogP contribution >= 0.6 is 0 Å². The number of aryl methyl sites for hydroxylation is 4. The van der Waals surface area contributed by atoms with E-state index in [-0.39, 0.29) is 24.9 Å². The minimum Gasteiger partial charge on any atom is -0.359 e. The van der Waals surface area contributed by atoms with Crippen molar-refractivity contribution in [3.05, 3.63) is 58.7 Å². The molecule has 0 bridgehead atoms. The minimum atomic E-state index is -0.213. The van der Waals surface area contributed by atoms with Crippen LogP contribution in [0.5, 0.6) is 0 Å². The first kappa shape index (κ1) is 19.9. The number of hydrogen-bond acceptors (Lipinski definition) is 3. The Hall–Kier alpha value is -2.82. The second-order valence-corrected chi connectivity index (χ2v) is 7.74. The van der Waals surface area contributed by atoms with Crippen LogP contribution in [0.4, 0.5) is 11.4 Å². The Kier molecular flexibility index (Phi) is 6.02. The molecule has 0 saturated heterocycles. The fourth-order valence-electron chi connectivity index (χ4n) is 3.95. The van der Waals surface area contributed by atoms with Crippen LogP contribution in [0, 0.1) is 20.8 Å². The molecule has 0 fully saturated rings. The van der Waals surface area contributed by atoms with Crippen molar-refractivity contribution in [1.82, 2.24) is 5.32 Å². The van der Waals surface area contributed by atoms with E-state index in [1.54, 1.807) is 0 Å². The molecule has 0 unspecified atom stereocenters. The van der Waals surface area contributed by atoms with Crippen LogP contribution in [-0.4, -0.2) is 30.9 Å². The Balaban J connectivity index is 1.57. The van der Waals surface area contributed by atoms with Gasteiger partial charge in [0, 0.05) is 17.4 Å². The Bertz CT molecular complexity index is 868. The number of amides is 2. The molecule has 2 N–H and O–H groups in total. The van der Waals surface area contributed by atoms with Gasteiger partial charge < -0.3 is 15.5 Å². The molecule has 1 atom stereocenters. The lowest BCUT2D eigenvalue weighted by Gasteiger charge is -2.36. The van der Waals surface area contributed by atoms with Crippen molar-refractivity contribution in [3.63, 3.8) is 0 Å². The van der Waals surface area contributed by atoms with Gasteiger partial charge in [-0.15, -0.1) is 0 Å². The SMILES string of the molecule is Cc1cc(C)c(NC(=O)CNC(=O)CN2c3ccccc3CC[C@@H]2C)c(C)c1. The average Bonchev–Trinajstić information content (AvgIpc) is 2.65. The largest absolute Gasteiger partial charge is 0.359 e. The number of fused-ring (bicyclic) bond motifs is 1. The number of nitrogens with one attached hydrogen (secondary N) is 2. The number of anilines is 2. The second-order valence-electron chi connectivity index (χ2n) is 7.74. The number of nitrogens with zero attached hydrogens (tertiary/aromatic N) is 1. The Morgan fingerprint density at radius 3 is 2.46 bits per heavy atom. The molecule has 5 heteroatoms. The van der Waals surface area contributed by atoms with Gasteiger partial charge in [-0.1, -0.05) is 35.9 Å². The number of para-hydroxylation sites is 1. The van der Waals surface area contributed by atoms with Crippen molar-refractivity contribution in [3.8, 4) is 0 Å². The summed E-state index contributed by atoms with van der Waals surface area (Å²) in [6.45, 7) is 8.35. The van der Waals surface area contributed by atoms with Crippen molar-refractivity contribution in [1.29, 1.82) is 0 Å². The smallest absolute Gasteiger partial charge is 0.243 e. The molecule has 0 saturated carbocycles. The highest BCUT2D eigenvalue weighted by Crippen LogP contribution is 2.30. The van der Waals surface area contributed by atoms with E-state index >= 15 is 0 Å². The summed E-state index contributed by atoms with van der Waals surface area (Å²) < 4.78 is 0. The van der Waals surface area contributed by atoms with Gasteiger partial charge >= 0.3 is 0 Å². The monoisotopic (exact) mass is 379 g/mol. The third-order valence-corrected chi connectivity index (χ3v) is 5.37. The normalized spacial score (nSPS) is 15.7. The van der Waals surface area contributed by atoms with Gasteiger partial charge in [0.1, 0.15) is 0 Å². The first-order valence-corrected chi connectivity index (χ1v) is 9.84. The van der Waals surface area contributed by atoms with Crippen LogP contribution in [0.1, 0.15) is 35.6 Å². The van der Waals surface area contributed by atoms with Crippen LogP contribution in [0.15, 0.2) is 36.4 Å². The fraction of sp³-hybridized carbons (Fsp3) is 0.391. The molecule has 0 spiro atoms. The second kappa shape index (κ2) is 8.46. The van der Waals surface area contributed by atoms with Gasteiger partial charge in [0.2, 0.25) is 11.8 Å². The Morgan fingerprint density at radius 2 is 1.75 bits per heavy atom. The van der Waals surface area contributed by atoms with E-state index in [9.17, 15) is 9.59 Å². The molecule has 0 aromatic heterocycles. The average molecular weight is 380 g/mol. The summed E-state index contributed by atoms with van der Waals surface area (Å²) in [5, 5.41) is 5.68. The maximum absolute atomic E-state index is 12.5. The third-order valence-electron chi connectivity index (χ3n) is 5.37. The van der Waals surface area contributed by atoms with E-state index in [0.717, 1.165) is 40.9 Å². The molecule has 3 rings (SSSR count). The first-order valence-electron chi connectivity index (χ1n) is 9.84. The van der Waals surface area contributed by atoms with Crippen LogP contribution in [-0.2, 0) is 16.0 Å². The maximum atomic E-state index is 12.5. The van der Waals surface area contributed by atoms with Crippen molar-refractivity contribution in [2.45, 2.75) is 46.6 Å². The highest BCUT2D eigenvalue weighted by Gasteiger charge is 2.24. The summed E-state index contributed by atoms with van der Waals surface area (Å²) in [6, 6.07) is 12.6. The molecule has 0 radical (unpaired) electrons. The van der Waals surface area contributed by atoms with Gasteiger partial charge in [0.25, 0.3) is 0 Å². The van der Waals surface area contributed by atoms with Gasteiger partial charge in [-0.3, -0.25) is 9.59 Å². The zero-order valence-electron chi connectivity index (χ0n) is 17.1. The predicted molar refractivity (Wildman–Crippen MR) is 114 cm³/mol. The van der Waals surface area contributed by atoms with E-state index in [1.165, 1.54) is 5.56 Å². The summed E-state index contributed by atoms with van der Waals surface area (Å²) in [7, 11) is 0. The Morgan fingerprint density at radius 1 is 1.07 bits per heavy atom. The number of carbonyl (C=O) groups is 2. The summed E-state index contributed by atoms with van der Waals surface area (Å²) in [4.78, 5) is 26.9. The fourth-order valence-corrected chi connectivity index (χ4v) is 3.95. The van der Waals surface area contributed by atoms with Gasteiger partial charge in [0.05, 0.1) is 13.1 Å². The molecule has 1 aliphatic rings. The molecule has 2 aromatic rings. The molecule has 5 nitrogen and oxygen atoms in total. The third kappa shape index (κ3) is 4.53. The lowest BCUT2D eigenvalue weighted by atomic mass is 9.97. The molecule has 1 heterocycles. The highest BCUT2D eigenvalue weighted by atomic mass is 16.2. The van der Waals surface area contributed by atoms with E-state index in [1.807, 2.05) is 45.0 Å². The zero-order valence-corrected chi connectivity index (χ0v) is 17.1. The van der Waals surface area contributed by atoms with E-state index < -0.39 is 0 Å². The number of hydrogen-bond donors (Lipinski definition) is 2. The zero-order chi connectivity index (χ0) is 20.3. The van der Waals surface area contributed by atoms with E-state index in [2.05, 4.69) is 34.6 Å². The molecular formula is C23H29N3O2. The van der Waals surface area contributed by atoms with Crippen LogP contribution in [0.2, 0.25) is 0 Å². The van der Waals surface area contributed by atoms with Crippen molar-refractivity contribution < 1.29 is 9.59 Å². The van der Waals surface area contributed by atoms with Crippen molar-refractivity contribution in [2.24, 2.45) is 0 Å². The highest BCUT2D eigenvalue weighted by molar-refractivity contribution is 5.96. The minimum absolute atomic E-state index is 0.0323. The van der Waals surface area contributed by atoms with E-state index in [0.29, 0.717) is 6.04 Å². The lowest BCUT2D eigenvalue weighted by molar-refractivity contribution is -0.123. The number of rotatable bonds is 5. The van der Waals surface area contributed by atoms with Gasteiger partial charge in [-0.05, 0) is 63.3 Å². The molecule has 28 heavy (non-hydrogen) atoms. The van der Waals surface area contributed by atoms with Crippen LogP contribution in [0.3, 0.4) is 0 Å². The molecule has 1 aliphatic heterocycles. The van der Waals surface area contributed by atoms with Crippen LogP contribution < -0.4 is 15.5 Å². The van der Waals surface area contributed by atoms with Gasteiger partial charge in [0.15, 0.2) is 0 Å². The van der Waals surface area contributed by atoms with Crippen molar-refractivity contribution in [2.75, 3.05) is 23.3 Å². The lowest BCUT2D eigenvalue weighted by Crippen LogP contribution is -2.45. The molecule has 148 valence electrons. The molecule has 2 amide bonds. The molecular weight excluding hydrogens is 350 g/mol. The topological polar surface area (TPSA) is 61.4 Å². The Labute approximate surface area is 167 Å². The summed E-state index contributed by atoms with van der Waals surface area (Å²) in [5.74, 6) is -0.355. The van der Waals surface area contributed by atoms with Gasteiger partial charge in [-0.25, -0.2) is 0 Å². The van der Waals surface area contributed by atoms with E-state index in [4.69, 9.17) is 0 Å². The molecule has 2 aromatic carbocycles. The maximum Gasteiger partial charge on any atom is 0.243 e. The number of benzene rings is 2. The summed E-state index contributed by atoms with van der Waals surface area (Å²) in [6.07, 6.45) is 2.06. The summed E-state index contributed by atoms with van der Waals surface area (Å²) >= 11 is 0. The first-order chi connectivity index (χ1) is 13.3. The molecule has 0 aliphatic carbocycles.